The van der Waals surface area contributed by atoms with Gasteiger partial charge in [-0.3, -0.25) is 4.79 Å². The first-order valence-corrected chi connectivity index (χ1v) is 8.66. The number of anilines is 2. The molecule has 4 rings (SSSR count). The highest BCUT2D eigenvalue weighted by Crippen LogP contribution is 2.53. The Balaban J connectivity index is 1.57. The fraction of sp³-hybridized carbons (Fsp3) is 0.250. The number of thioether (sulfide) groups is 1. The number of nitrogen functional groups attached to an aromatic ring is 1. The molecule has 2 aromatic heterocycles. The number of nitrogens with zero attached hydrogens (tertiary/aromatic N) is 3. The number of fused-ring (bicyclic) bond motifs is 1. The first kappa shape index (κ1) is 16.5. The van der Waals surface area contributed by atoms with Gasteiger partial charge in [-0.1, -0.05) is 11.8 Å². The molecule has 0 bridgehead atoms. The summed E-state index contributed by atoms with van der Waals surface area (Å²) in [5.41, 5.74) is 7.42. The minimum Gasteiger partial charge on any atom is -0.504 e. The van der Waals surface area contributed by atoms with Crippen LogP contribution in [0.1, 0.15) is 12.8 Å². The summed E-state index contributed by atoms with van der Waals surface area (Å²) in [6, 6.07) is 4.66. The molecule has 0 spiro atoms. The quantitative estimate of drug-likeness (QED) is 0.393. The zero-order chi connectivity index (χ0) is 18.3. The van der Waals surface area contributed by atoms with Gasteiger partial charge in [-0.2, -0.15) is 4.98 Å². The van der Waals surface area contributed by atoms with Crippen LogP contribution < -0.4 is 15.8 Å². The number of amides is 1. The van der Waals surface area contributed by atoms with E-state index in [0.29, 0.717) is 27.6 Å². The number of methoxy groups -OCH3 is 1. The Labute approximate surface area is 152 Å². The van der Waals surface area contributed by atoms with Crippen molar-refractivity contribution in [3.8, 4) is 11.5 Å². The van der Waals surface area contributed by atoms with E-state index < -0.39 is 4.75 Å². The first-order chi connectivity index (χ1) is 12.5. The minimum atomic E-state index is -0.621. The highest BCUT2D eigenvalue weighted by Gasteiger charge is 2.51. The summed E-state index contributed by atoms with van der Waals surface area (Å²) >= 11 is 1.35. The third-order valence-electron chi connectivity index (χ3n) is 4.12. The molecule has 0 atom stereocenters. The number of carbonyl (C=O) groups is 1. The van der Waals surface area contributed by atoms with Crippen molar-refractivity contribution in [3.05, 3.63) is 24.5 Å². The van der Waals surface area contributed by atoms with Crippen LogP contribution in [0.4, 0.5) is 11.6 Å². The third-order valence-corrected chi connectivity index (χ3v) is 5.59. The Kier molecular flexibility index (Phi) is 3.83. The standard InChI is InChI=1S/C16H16N6O3S/c1-25-10-6-8(2-3-9(10)23)20-14(24)16(4-5-16)26-13-11-12(19-7-18-11)21-15(17)22-13/h2-3,6-7,23H,4-5H2,1H3,(H,20,24)(H3,17,18,19,21,22). The van der Waals surface area contributed by atoms with Crippen LogP contribution in [-0.4, -0.2) is 42.8 Å². The van der Waals surface area contributed by atoms with Crippen molar-refractivity contribution < 1.29 is 14.6 Å². The Morgan fingerprint density at radius 3 is 2.96 bits per heavy atom. The number of benzene rings is 1. The number of nitrogens with two attached hydrogens (primary N) is 1. The van der Waals surface area contributed by atoms with Gasteiger partial charge in [0.25, 0.3) is 0 Å². The largest absolute Gasteiger partial charge is 0.504 e. The van der Waals surface area contributed by atoms with Gasteiger partial charge in [-0.15, -0.1) is 0 Å². The molecule has 0 aliphatic heterocycles. The smallest absolute Gasteiger partial charge is 0.241 e. The first-order valence-electron chi connectivity index (χ1n) is 7.85. The van der Waals surface area contributed by atoms with Crippen molar-refractivity contribution in [2.24, 2.45) is 0 Å². The van der Waals surface area contributed by atoms with Gasteiger partial charge in [-0.25, -0.2) is 9.97 Å². The average Bonchev–Trinajstić information content (AvgIpc) is 3.24. The summed E-state index contributed by atoms with van der Waals surface area (Å²) in [7, 11) is 1.45. The average molecular weight is 372 g/mol. The maximum atomic E-state index is 12.8. The molecule has 3 aromatic rings. The summed E-state index contributed by atoms with van der Waals surface area (Å²) in [5.74, 6) is 0.286. The summed E-state index contributed by atoms with van der Waals surface area (Å²) in [6.07, 6.45) is 2.96. The van der Waals surface area contributed by atoms with Crippen LogP contribution in [0.5, 0.6) is 11.5 Å². The lowest BCUT2D eigenvalue weighted by Gasteiger charge is -2.15. The molecule has 1 aliphatic rings. The Morgan fingerprint density at radius 2 is 2.23 bits per heavy atom. The maximum Gasteiger partial charge on any atom is 0.241 e. The van der Waals surface area contributed by atoms with Crippen molar-refractivity contribution in [1.29, 1.82) is 0 Å². The van der Waals surface area contributed by atoms with Gasteiger partial charge < -0.3 is 25.9 Å². The lowest BCUT2D eigenvalue weighted by Crippen LogP contribution is -2.27. The molecule has 1 aliphatic carbocycles. The number of hydrogen-bond donors (Lipinski definition) is 4. The van der Waals surface area contributed by atoms with Gasteiger partial charge in [0.05, 0.1) is 13.4 Å². The number of imidazole rings is 1. The molecule has 0 unspecified atom stereocenters. The van der Waals surface area contributed by atoms with Gasteiger partial charge in [0.2, 0.25) is 11.9 Å². The minimum absolute atomic E-state index is 0.0131. The van der Waals surface area contributed by atoms with Gasteiger partial charge in [0.1, 0.15) is 15.3 Å². The second-order valence-electron chi connectivity index (χ2n) is 5.93. The van der Waals surface area contributed by atoms with E-state index in [2.05, 4.69) is 25.3 Å². The van der Waals surface area contributed by atoms with Gasteiger partial charge in [0.15, 0.2) is 17.1 Å². The van der Waals surface area contributed by atoms with Crippen LogP contribution in [0.2, 0.25) is 0 Å². The van der Waals surface area contributed by atoms with Crippen molar-refractivity contribution in [2.45, 2.75) is 22.6 Å². The topological polar surface area (TPSA) is 139 Å². The predicted octanol–water partition coefficient (Wildman–Crippen LogP) is 1.91. The molecule has 1 saturated carbocycles. The number of H-pyrrole nitrogens is 1. The van der Waals surface area contributed by atoms with E-state index in [0.717, 1.165) is 12.8 Å². The van der Waals surface area contributed by atoms with Crippen molar-refractivity contribution in [3.63, 3.8) is 0 Å². The zero-order valence-electron chi connectivity index (χ0n) is 13.8. The Hall–Kier alpha value is -3.01. The number of phenols is 1. The summed E-state index contributed by atoms with van der Waals surface area (Å²) < 4.78 is 4.45. The number of ether oxygens (including phenoxy) is 1. The molecule has 0 saturated heterocycles. The molecule has 2 heterocycles. The van der Waals surface area contributed by atoms with Crippen LogP contribution in [0.15, 0.2) is 29.6 Å². The number of aromatic nitrogens is 4. The molecular weight excluding hydrogens is 356 g/mol. The van der Waals surface area contributed by atoms with Crippen LogP contribution in [0, 0.1) is 0 Å². The second-order valence-corrected chi connectivity index (χ2v) is 7.30. The normalized spacial score (nSPS) is 15.0. The van der Waals surface area contributed by atoms with Crippen LogP contribution in [-0.2, 0) is 4.79 Å². The van der Waals surface area contributed by atoms with E-state index in [1.165, 1.54) is 31.3 Å². The third kappa shape index (κ3) is 2.88. The monoisotopic (exact) mass is 372 g/mol. The molecule has 0 radical (unpaired) electrons. The van der Waals surface area contributed by atoms with Gasteiger partial charge in [-0.05, 0) is 25.0 Å². The lowest BCUT2D eigenvalue weighted by molar-refractivity contribution is -0.116. The van der Waals surface area contributed by atoms with E-state index >= 15 is 0 Å². The zero-order valence-corrected chi connectivity index (χ0v) is 14.6. The highest BCUT2D eigenvalue weighted by molar-refractivity contribution is 8.01. The second kappa shape index (κ2) is 6.06. The fourth-order valence-electron chi connectivity index (χ4n) is 2.57. The van der Waals surface area contributed by atoms with Crippen molar-refractivity contribution in [1.82, 2.24) is 19.9 Å². The van der Waals surface area contributed by atoms with Gasteiger partial charge in [0, 0.05) is 11.8 Å². The van der Waals surface area contributed by atoms with Crippen LogP contribution in [0.3, 0.4) is 0 Å². The lowest BCUT2D eigenvalue weighted by atomic mass is 10.2. The molecular formula is C16H16N6O3S. The fourth-order valence-corrected chi connectivity index (χ4v) is 3.78. The highest BCUT2D eigenvalue weighted by atomic mass is 32.2. The SMILES string of the molecule is COc1cc(NC(=O)C2(Sc3nc(N)nc4nc[nH]c34)CC2)ccc1O. The van der Waals surface area contributed by atoms with E-state index in [4.69, 9.17) is 10.5 Å². The molecule has 1 aromatic carbocycles. The summed E-state index contributed by atoms with van der Waals surface area (Å²) in [6.45, 7) is 0. The number of aromatic hydroxyl groups is 1. The molecule has 9 nitrogen and oxygen atoms in total. The van der Waals surface area contributed by atoms with E-state index in [1.807, 2.05) is 0 Å². The van der Waals surface area contributed by atoms with Crippen molar-refractivity contribution in [2.75, 3.05) is 18.2 Å². The summed E-state index contributed by atoms with van der Waals surface area (Å²) in [5, 5.41) is 13.1. The molecule has 5 N–H and O–H groups in total. The van der Waals surface area contributed by atoms with Crippen LogP contribution in [0.25, 0.3) is 11.2 Å². The van der Waals surface area contributed by atoms with Crippen LogP contribution >= 0.6 is 11.8 Å². The van der Waals surface area contributed by atoms with E-state index in [1.54, 1.807) is 12.1 Å². The molecule has 134 valence electrons. The summed E-state index contributed by atoms with van der Waals surface area (Å²) in [4.78, 5) is 28.2. The van der Waals surface area contributed by atoms with Gasteiger partial charge >= 0.3 is 0 Å². The molecule has 26 heavy (non-hydrogen) atoms. The van der Waals surface area contributed by atoms with E-state index in [9.17, 15) is 9.90 Å². The predicted molar refractivity (Wildman–Crippen MR) is 97.2 cm³/mol. The van der Waals surface area contributed by atoms with Crippen molar-refractivity contribution >= 4 is 40.5 Å². The number of rotatable bonds is 5. The van der Waals surface area contributed by atoms with E-state index in [-0.39, 0.29) is 17.6 Å². The molecule has 1 fully saturated rings. The maximum absolute atomic E-state index is 12.8. The number of carbonyl (C=O) groups excluding carboxylic acids is 1. The number of aromatic amines is 1. The Morgan fingerprint density at radius 1 is 1.42 bits per heavy atom. The molecule has 1 amide bonds. The number of nitrogens with one attached hydrogen (secondary N) is 2. The number of phenolic OH excluding ortho intramolecular Hbond substituents is 1. The molecule has 10 heteroatoms. The number of hydrogen-bond acceptors (Lipinski definition) is 8. The Bertz CT molecular complexity index is 1000.